The summed E-state index contributed by atoms with van der Waals surface area (Å²) in [5.74, 6) is -0.0183. The molecule has 0 saturated heterocycles. The monoisotopic (exact) mass is 250 g/mol. The zero-order valence-electron chi connectivity index (χ0n) is 11.2. The predicted octanol–water partition coefficient (Wildman–Crippen LogP) is 1.95. The molecule has 0 fully saturated rings. The fraction of sp³-hybridized carbons (Fsp3) is 0.500. The summed E-state index contributed by atoms with van der Waals surface area (Å²) in [5.41, 5.74) is 2.02. The number of aryl methyl sites for hydroxylation is 1. The van der Waals surface area contributed by atoms with E-state index in [0.29, 0.717) is 6.54 Å². The number of ether oxygens (including phenoxy) is 1. The Kier molecular flexibility index (Phi) is 7.06. The van der Waals surface area contributed by atoms with E-state index in [-0.39, 0.29) is 5.91 Å². The molecule has 2 N–H and O–H groups in total. The van der Waals surface area contributed by atoms with Gasteiger partial charge in [0.2, 0.25) is 5.91 Å². The van der Waals surface area contributed by atoms with Crippen molar-refractivity contribution in [2.75, 3.05) is 31.6 Å². The summed E-state index contributed by atoms with van der Waals surface area (Å²) in [6.07, 6.45) is 0.922. The van der Waals surface area contributed by atoms with Gasteiger partial charge in [0.1, 0.15) is 0 Å². The lowest BCUT2D eigenvalue weighted by atomic mass is 10.2. The van der Waals surface area contributed by atoms with Gasteiger partial charge in [0.15, 0.2) is 0 Å². The molecular formula is C14H22N2O2. The molecule has 0 aliphatic rings. The molecule has 1 rings (SSSR count). The highest BCUT2D eigenvalue weighted by molar-refractivity contribution is 5.92. The summed E-state index contributed by atoms with van der Waals surface area (Å²) in [7, 11) is 0. The van der Waals surface area contributed by atoms with E-state index in [1.165, 1.54) is 5.56 Å². The van der Waals surface area contributed by atoms with E-state index in [4.69, 9.17) is 4.74 Å². The molecule has 0 spiro atoms. The molecule has 1 aromatic rings. The first-order valence-electron chi connectivity index (χ1n) is 6.37. The number of nitrogens with one attached hydrogen (secondary N) is 2. The van der Waals surface area contributed by atoms with Crippen LogP contribution in [0.5, 0.6) is 0 Å². The topological polar surface area (TPSA) is 50.4 Å². The van der Waals surface area contributed by atoms with Gasteiger partial charge in [-0.25, -0.2) is 0 Å². The van der Waals surface area contributed by atoms with Gasteiger partial charge < -0.3 is 15.4 Å². The highest BCUT2D eigenvalue weighted by Crippen LogP contribution is 2.07. The van der Waals surface area contributed by atoms with Crippen LogP contribution < -0.4 is 10.6 Å². The third-order valence-corrected chi connectivity index (χ3v) is 2.47. The van der Waals surface area contributed by atoms with Gasteiger partial charge in [-0.2, -0.15) is 0 Å². The zero-order valence-corrected chi connectivity index (χ0v) is 11.2. The van der Waals surface area contributed by atoms with Gasteiger partial charge in [0.05, 0.1) is 6.54 Å². The van der Waals surface area contributed by atoms with Gasteiger partial charge in [0, 0.05) is 18.9 Å². The Hall–Kier alpha value is -1.39. The second-order valence-electron chi connectivity index (χ2n) is 4.14. The average Bonchev–Trinajstić information content (AvgIpc) is 2.36. The number of benzene rings is 1. The van der Waals surface area contributed by atoms with Crippen molar-refractivity contribution in [1.29, 1.82) is 0 Å². The highest BCUT2D eigenvalue weighted by Gasteiger charge is 2.00. The van der Waals surface area contributed by atoms with E-state index in [0.717, 1.165) is 31.9 Å². The molecule has 0 aliphatic heterocycles. The fourth-order valence-corrected chi connectivity index (χ4v) is 1.49. The molecule has 1 amide bonds. The van der Waals surface area contributed by atoms with Crippen LogP contribution in [0.4, 0.5) is 5.69 Å². The Morgan fingerprint density at radius 2 is 2.00 bits per heavy atom. The minimum absolute atomic E-state index is 0.0183. The summed E-state index contributed by atoms with van der Waals surface area (Å²) in [4.78, 5) is 11.6. The molecule has 0 aromatic heterocycles. The van der Waals surface area contributed by atoms with Gasteiger partial charge in [-0.1, -0.05) is 17.7 Å². The van der Waals surface area contributed by atoms with E-state index < -0.39 is 0 Å². The van der Waals surface area contributed by atoms with Gasteiger partial charge in [-0.15, -0.1) is 0 Å². The number of amides is 1. The molecule has 0 heterocycles. The van der Waals surface area contributed by atoms with E-state index >= 15 is 0 Å². The van der Waals surface area contributed by atoms with Crippen molar-refractivity contribution in [2.45, 2.75) is 20.3 Å². The van der Waals surface area contributed by atoms with Gasteiger partial charge in [-0.3, -0.25) is 4.79 Å². The largest absolute Gasteiger partial charge is 0.382 e. The third kappa shape index (κ3) is 6.37. The van der Waals surface area contributed by atoms with Crippen LogP contribution in [0.3, 0.4) is 0 Å². The predicted molar refractivity (Wildman–Crippen MR) is 73.8 cm³/mol. The van der Waals surface area contributed by atoms with Crippen molar-refractivity contribution >= 4 is 11.6 Å². The van der Waals surface area contributed by atoms with Crippen LogP contribution in [0, 0.1) is 6.92 Å². The Morgan fingerprint density at radius 1 is 1.28 bits per heavy atom. The average molecular weight is 250 g/mol. The minimum Gasteiger partial charge on any atom is -0.382 e. The molecule has 18 heavy (non-hydrogen) atoms. The summed E-state index contributed by atoms with van der Waals surface area (Å²) in [6.45, 7) is 6.60. The van der Waals surface area contributed by atoms with Crippen molar-refractivity contribution in [2.24, 2.45) is 0 Å². The summed E-state index contributed by atoms with van der Waals surface area (Å²) in [5, 5.41) is 5.92. The summed E-state index contributed by atoms with van der Waals surface area (Å²) < 4.78 is 5.21. The maximum atomic E-state index is 11.6. The van der Waals surface area contributed by atoms with Crippen LogP contribution in [-0.2, 0) is 9.53 Å². The van der Waals surface area contributed by atoms with E-state index in [2.05, 4.69) is 10.6 Å². The molecular weight excluding hydrogens is 228 g/mol. The second kappa shape index (κ2) is 8.66. The molecule has 0 unspecified atom stereocenters. The van der Waals surface area contributed by atoms with E-state index in [1.807, 2.05) is 38.1 Å². The highest BCUT2D eigenvalue weighted by atomic mass is 16.5. The first kappa shape index (κ1) is 14.7. The van der Waals surface area contributed by atoms with Crippen molar-refractivity contribution in [3.05, 3.63) is 29.8 Å². The lowest BCUT2D eigenvalue weighted by Crippen LogP contribution is -2.29. The number of hydrogen-bond acceptors (Lipinski definition) is 3. The number of anilines is 1. The zero-order chi connectivity index (χ0) is 13.2. The molecule has 0 aliphatic carbocycles. The van der Waals surface area contributed by atoms with Crippen molar-refractivity contribution in [3.63, 3.8) is 0 Å². The number of carbonyl (C=O) groups excluding carboxylic acids is 1. The van der Waals surface area contributed by atoms with Crippen LogP contribution >= 0.6 is 0 Å². The molecule has 0 bridgehead atoms. The maximum absolute atomic E-state index is 11.6. The normalized spacial score (nSPS) is 10.3. The smallest absolute Gasteiger partial charge is 0.238 e. The SMILES string of the molecule is CCOCCCNCC(=O)Nc1ccc(C)cc1. The summed E-state index contributed by atoms with van der Waals surface area (Å²) in [6, 6.07) is 7.76. The van der Waals surface area contributed by atoms with E-state index in [1.54, 1.807) is 0 Å². The molecule has 0 saturated carbocycles. The Labute approximate surface area is 109 Å². The number of carbonyl (C=O) groups is 1. The third-order valence-electron chi connectivity index (χ3n) is 2.47. The van der Waals surface area contributed by atoms with Crippen LogP contribution in [0.1, 0.15) is 18.9 Å². The first-order valence-corrected chi connectivity index (χ1v) is 6.37. The standard InChI is InChI=1S/C14H22N2O2/c1-3-18-10-4-9-15-11-14(17)16-13-7-5-12(2)6-8-13/h5-8,15H,3-4,9-11H2,1-2H3,(H,16,17). The maximum Gasteiger partial charge on any atom is 0.238 e. The van der Waals surface area contributed by atoms with Gasteiger partial charge in [-0.05, 0) is 38.9 Å². The number of hydrogen-bond donors (Lipinski definition) is 2. The molecule has 0 atom stereocenters. The van der Waals surface area contributed by atoms with Crippen molar-refractivity contribution in [1.82, 2.24) is 5.32 Å². The lowest BCUT2D eigenvalue weighted by molar-refractivity contribution is -0.115. The Morgan fingerprint density at radius 3 is 2.67 bits per heavy atom. The Bertz CT molecular complexity index is 349. The van der Waals surface area contributed by atoms with Gasteiger partial charge in [0.25, 0.3) is 0 Å². The van der Waals surface area contributed by atoms with Crippen LogP contribution in [0.25, 0.3) is 0 Å². The van der Waals surface area contributed by atoms with Crippen molar-refractivity contribution in [3.8, 4) is 0 Å². The minimum atomic E-state index is -0.0183. The molecule has 4 heteroatoms. The first-order chi connectivity index (χ1) is 8.72. The van der Waals surface area contributed by atoms with E-state index in [9.17, 15) is 4.79 Å². The molecule has 1 aromatic carbocycles. The Balaban J connectivity index is 2.12. The molecule has 100 valence electrons. The summed E-state index contributed by atoms with van der Waals surface area (Å²) >= 11 is 0. The van der Waals surface area contributed by atoms with Crippen LogP contribution in [0.15, 0.2) is 24.3 Å². The quantitative estimate of drug-likeness (QED) is 0.693. The lowest BCUT2D eigenvalue weighted by Gasteiger charge is -2.07. The second-order valence-corrected chi connectivity index (χ2v) is 4.14. The number of rotatable bonds is 8. The molecule has 4 nitrogen and oxygen atoms in total. The van der Waals surface area contributed by atoms with Crippen LogP contribution in [0.2, 0.25) is 0 Å². The van der Waals surface area contributed by atoms with Crippen molar-refractivity contribution < 1.29 is 9.53 Å². The fourth-order valence-electron chi connectivity index (χ4n) is 1.49. The molecule has 0 radical (unpaired) electrons. The van der Waals surface area contributed by atoms with Crippen LogP contribution in [-0.4, -0.2) is 32.2 Å². The van der Waals surface area contributed by atoms with Gasteiger partial charge >= 0.3 is 0 Å².